The van der Waals surface area contributed by atoms with Crippen molar-refractivity contribution in [2.24, 2.45) is 20.5 Å². The van der Waals surface area contributed by atoms with Gasteiger partial charge in [-0.1, -0.05) is 0 Å². The van der Waals surface area contributed by atoms with Gasteiger partial charge < -0.3 is 19.9 Å². The Morgan fingerprint density at radius 1 is 0.607 bits per heavy atom. The van der Waals surface area contributed by atoms with Crippen molar-refractivity contribution in [3.8, 4) is 17.2 Å². The molecule has 32 heteroatoms. The third kappa shape index (κ3) is 13.2. The number of fused-ring (bicyclic) bond motifs is 1. The van der Waals surface area contributed by atoms with E-state index >= 15 is 0 Å². The van der Waals surface area contributed by atoms with E-state index in [1.54, 1.807) is 0 Å². The lowest BCUT2D eigenvalue weighted by molar-refractivity contribution is 0.282. The fourth-order valence-corrected chi connectivity index (χ4v) is 9.12. The molecule has 0 fully saturated rings. The number of nitrogens with one attached hydrogen (secondary N) is 1. The SMILES string of the molecule is COc1cc(N=Nc2c(S(=O)(=O)O)cc3c(N=Nc4ccc(S(=O)(=O)CCOS(=O)(=O)O)cc4)c(NCS(=O)(=O)O)ccc3c2OC)c(O)cc1S(=O)(=O)CCOS(=O)(=O)O. The molecule has 4 aromatic carbocycles. The van der Waals surface area contributed by atoms with Crippen LogP contribution in [0.5, 0.6) is 17.2 Å². The molecule has 334 valence electrons. The van der Waals surface area contributed by atoms with E-state index in [2.05, 4.69) is 34.1 Å². The summed E-state index contributed by atoms with van der Waals surface area (Å²) >= 11 is 0. The second-order valence-corrected chi connectivity index (χ2v) is 20.9. The summed E-state index contributed by atoms with van der Waals surface area (Å²) < 4.78 is 199. The molecule has 0 spiro atoms. The van der Waals surface area contributed by atoms with E-state index in [1.807, 2.05) is 0 Å². The minimum Gasteiger partial charge on any atom is -0.506 e. The number of ether oxygens (including phenoxy) is 2. The first-order chi connectivity index (χ1) is 28.0. The molecule has 0 atom stereocenters. The standard InChI is InChI=1S/C29H31N5O21S6/c1-52-24-14-22(23(35)15-25(24)57(38,39)12-10-55-61(49,50)51)32-34-28-26(59(43,44)45)13-20-19(29(28)53-2)7-8-21(30-16-58(40,41)42)27(20)33-31-17-3-5-18(6-4-17)56(36,37)11-9-54-60(46,47)48/h3-8,13-15,30,35H,9-12,16H2,1-2H3,(H,40,41,42)(H,43,44,45)(H,46,47,48)(H,49,50,51). The van der Waals surface area contributed by atoms with E-state index in [0.29, 0.717) is 6.07 Å². The van der Waals surface area contributed by atoms with Crippen molar-refractivity contribution in [1.29, 1.82) is 0 Å². The molecular weight excluding hydrogens is 947 g/mol. The van der Waals surface area contributed by atoms with E-state index in [-0.39, 0.29) is 32.7 Å². The normalized spacial score (nSPS) is 13.3. The molecular formula is C29H31N5O21S6. The van der Waals surface area contributed by atoms with Crippen molar-refractivity contribution in [2.75, 3.05) is 50.1 Å². The fraction of sp³-hybridized carbons (Fsp3) is 0.241. The van der Waals surface area contributed by atoms with Gasteiger partial charge in [-0.3, -0.25) is 18.2 Å². The van der Waals surface area contributed by atoms with Gasteiger partial charge in [0.05, 0.1) is 55.2 Å². The van der Waals surface area contributed by atoms with Crippen molar-refractivity contribution < 1.29 is 91.7 Å². The Bertz CT molecular complexity index is 3090. The number of benzene rings is 4. The Balaban J connectivity index is 1.85. The number of nitrogens with zero attached hydrogens (tertiary/aromatic N) is 4. The number of methoxy groups -OCH3 is 2. The number of hydrogen-bond donors (Lipinski definition) is 6. The summed E-state index contributed by atoms with van der Waals surface area (Å²) in [5.41, 5.74) is -1.87. The average molecular weight is 978 g/mol. The Morgan fingerprint density at radius 3 is 1.70 bits per heavy atom. The quantitative estimate of drug-likeness (QED) is 0.0547. The Hall–Kier alpha value is -5.00. The van der Waals surface area contributed by atoms with E-state index in [0.717, 1.165) is 50.6 Å². The summed E-state index contributed by atoms with van der Waals surface area (Å²) in [6.07, 6.45) is 0. The molecule has 0 radical (unpaired) electrons. The van der Waals surface area contributed by atoms with Gasteiger partial charge in [0.2, 0.25) is 0 Å². The maximum atomic E-state index is 12.9. The number of phenolic OH excluding ortho intramolecular Hbond substituents is 1. The van der Waals surface area contributed by atoms with Crippen LogP contribution in [0.25, 0.3) is 10.8 Å². The summed E-state index contributed by atoms with van der Waals surface area (Å²) in [5, 5.41) is 28.5. The number of anilines is 1. The maximum absolute atomic E-state index is 12.9. The van der Waals surface area contributed by atoms with E-state index < -0.39 is 130 Å². The lowest BCUT2D eigenvalue weighted by Gasteiger charge is -2.16. The van der Waals surface area contributed by atoms with Crippen LogP contribution in [0.15, 0.2) is 89.7 Å². The van der Waals surface area contributed by atoms with Crippen LogP contribution in [0.4, 0.5) is 28.4 Å². The lowest BCUT2D eigenvalue weighted by atomic mass is 10.0. The highest BCUT2D eigenvalue weighted by Crippen LogP contribution is 2.48. The van der Waals surface area contributed by atoms with E-state index in [4.69, 9.17) is 18.6 Å². The van der Waals surface area contributed by atoms with Crippen LogP contribution in [0, 0.1) is 0 Å². The minimum atomic E-state index is -5.31. The zero-order valence-electron chi connectivity index (χ0n) is 30.7. The molecule has 0 bridgehead atoms. The van der Waals surface area contributed by atoms with Crippen molar-refractivity contribution in [3.05, 3.63) is 54.6 Å². The Labute approximate surface area is 347 Å². The topological polar surface area (TPSA) is 404 Å². The monoisotopic (exact) mass is 977 g/mol. The van der Waals surface area contributed by atoms with Crippen molar-refractivity contribution in [2.45, 2.75) is 14.7 Å². The van der Waals surface area contributed by atoms with Crippen LogP contribution < -0.4 is 14.8 Å². The molecule has 0 aliphatic carbocycles. The van der Waals surface area contributed by atoms with Crippen LogP contribution in [0.1, 0.15) is 0 Å². The molecule has 0 amide bonds. The van der Waals surface area contributed by atoms with Gasteiger partial charge in [0.1, 0.15) is 44.2 Å². The van der Waals surface area contributed by atoms with E-state index in [9.17, 15) is 64.7 Å². The molecule has 0 aliphatic heterocycles. The number of hydrogen-bond acceptors (Lipinski definition) is 22. The van der Waals surface area contributed by atoms with Crippen LogP contribution >= 0.6 is 0 Å². The number of aromatic hydroxyl groups is 1. The number of rotatable bonds is 20. The van der Waals surface area contributed by atoms with Gasteiger partial charge in [0.15, 0.2) is 25.4 Å². The summed E-state index contributed by atoms with van der Waals surface area (Å²) in [7, 11) is -26.4. The van der Waals surface area contributed by atoms with Crippen LogP contribution in [0.2, 0.25) is 0 Å². The molecule has 0 aliphatic rings. The van der Waals surface area contributed by atoms with Crippen LogP contribution in [-0.2, 0) is 69.1 Å². The molecule has 4 rings (SSSR count). The molecule has 26 nitrogen and oxygen atoms in total. The minimum absolute atomic E-state index is 0.0564. The van der Waals surface area contributed by atoms with Crippen molar-refractivity contribution in [1.82, 2.24) is 0 Å². The Kier molecular flexibility index (Phi) is 14.8. The predicted molar refractivity (Wildman–Crippen MR) is 209 cm³/mol. The summed E-state index contributed by atoms with van der Waals surface area (Å²) in [5.74, 6) is -4.77. The van der Waals surface area contributed by atoms with Gasteiger partial charge in [-0.05, 0) is 42.5 Å². The summed E-state index contributed by atoms with van der Waals surface area (Å²) in [4.78, 5) is -2.04. The van der Waals surface area contributed by atoms with Crippen LogP contribution in [-0.4, -0.2) is 119 Å². The van der Waals surface area contributed by atoms with Crippen molar-refractivity contribution >= 4 is 99.9 Å². The largest absolute Gasteiger partial charge is 0.506 e. The predicted octanol–water partition coefficient (Wildman–Crippen LogP) is 3.08. The molecule has 0 saturated heterocycles. The average Bonchev–Trinajstić information content (AvgIpc) is 3.13. The first-order valence-electron chi connectivity index (χ1n) is 15.9. The molecule has 0 heterocycles. The third-order valence-electron chi connectivity index (χ3n) is 7.60. The second-order valence-electron chi connectivity index (χ2n) is 11.7. The van der Waals surface area contributed by atoms with E-state index in [1.165, 1.54) is 12.1 Å². The lowest BCUT2D eigenvalue weighted by Crippen LogP contribution is -2.16. The van der Waals surface area contributed by atoms with Gasteiger partial charge in [0.25, 0.3) is 20.2 Å². The second kappa shape index (κ2) is 18.5. The fourth-order valence-electron chi connectivity index (χ4n) is 4.99. The van der Waals surface area contributed by atoms with Gasteiger partial charge >= 0.3 is 20.8 Å². The number of sulfone groups is 2. The smallest absolute Gasteiger partial charge is 0.397 e. The number of azo groups is 2. The van der Waals surface area contributed by atoms with Gasteiger partial charge in [-0.2, -0.15) is 38.8 Å². The zero-order chi connectivity index (χ0) is 45.8. The third-order valence-corrected chi connectivity index (χ3v) is 13.3. The van der Waals surface area contributed by atoms with Gasteiger partial charge in [-0.25, -0.2) is 25.2 Å². The summed E-state index contributed by atoms with van der Waals surface area (Å²) in [6, 6.07) is 9.11. The first kappa shape index (κ1) is 48.7. The molecule has 6 N–H and O–H groups in total. The maximum Gasteiger partial charge on any atom is 0.397 e. The van der Waals surface area contributed by atoms with Crippen molar-refractivity contribution in [3.63, 3.8) is 0 Å². The highest BCUT2D eigenvalue weighted by Gasteiger charge is 2.27. The molecule has 61 heavy (non-hydrogen) atoms. The van der Waals surface area contributed by atoms with Gasteiger partial charge in [-0.15, -0.1) is 15.3 Å². The highest BCUT2D eigenvalue weighted by molar-refractivity contribution is 7.92. The highest BCUT2D eigenvalue weighted by atomic mass is 32.3. The van der Waals surface area contributed by atoms with Gasteiger partial charge in [0, 0.05) is 22.9 Å². The molecule has 0 saturated carbocycles. The summed E-state index contributed by atoms with van der Waals surface area (Å²) in [6.45, 7) is -1.92. The zero-order valence-corrected chi connectivity index (χ0v) is 35.6. The van der Waals surface area contributed by atoms with Crippen LogP contribution in [0.3, 0.4) is 0 Å². The molecule has 0 aromatic heterocycles. The Morgan fingerprint density at radius 2 is 1.18 bits per heavy atom. The first-order valence-corrected chi connectivity index (χ1v) is 25.0. The molecule has 4 aromatic rings. The molecule has 0 unspecified atom stereocenters. The number of phenols is 1.